The number of carbonyl (C=O) groups excluding carboxylic acids is 1. The minimum Gasteiger partial charge on any atom is -0.486 e. The molecule has 3 aliphatic rings. The van der Waals surface area contributed by atoms with Gasteiger partial charge in [0.25, 0.3) is 0 Å². The van der Waals surface area contributed by atoms with Crippen molar-refractivity contribution in [2.45, 2.75) is 25.4 Å². The van der Waals surface area contributed by atoms with Crippen LogP contribution in [0.2, 0.25) is 0 Å². The standard InChI is InChI=1S/C18H21NO3/c20-18(15-10-12-5-6-13(15)9-12)19-16-3-1-2-4-17(16)22-14-7-8-21-11-14/h1-6,12-15H,7-11H2,(H,19,20). The summed E-state index contributed by atoms with van der Waals surface area (Å²) in [5, 5.41) is 3.07. The van der Waals surface area contributed by atoms with Gasteiger partial charge in [0.15, 0.2) is 0 Å². The first-order valence-corrected chi connectivity index (χ1v) is 8.12. The summed E-state index contributed by atoms with van der Waals surface area (Å²) >= 11 is 0. The molecule has 4 heteroatoms. The third-order valence-corrected chi connectivity index (χ3v) is 4.94. The van der Waals surface area contributed by atoms with Crippen LogP contribution < -0.4 is 10.1 Å². The number of carbonyl (C=O) groups is 1. The summed E-state index contributed by atoms with van der Waals surface area (Å²) < 4.78 is 11.3. The van der Waals surface area contributed by atoms with E-state index in [1.165, 1.54) is 0 Å². The number of rotatable bonds is 4. The van der Waals surface area contributed by atoms with Crippen LogP contribution in [-0.2, 0) is 9.53 Å². The van der Waals surface area contributed by atoms with Gasteiger partial charge in [0.1, 0.15) is 11.9 Å². The Balaban J connectivity index is 1.45. The number of ether oxygens (including phenoxy) is 2. The van der Waals surface area contributed by atoms with E-state index in [2.05, 4.69) is 17.5 Å². The molecule has 1 saturated heterocycles. The van der Waals surface area contributed by atoms with Gasteiger partial charge < -0.3 is 14.8 Å². The van der Waals surface area contributed by atoms with Crippen molar-refractivity contribution in [3.05, 3.63) is 36.4 Å². The van der Waals surface area contributed by atoms with Crippen molar-refractivity contribution >= 4 is 11.6 Å². The highest BCUT2D eigenvalue weighted by Gasteiger charge is 2.39. The monoisotopic (exact) mass is 299 g/mol. The molecule has 4 atom stereocenters. The van der Waals surface area contributed by atoms with Gasteiger partial charge in [-0.15, -0.1) is 0 Å². The molecule has 0 spiro atoms. The zero-order chi connectivity index (χ0) is 14.9. The van der Waals surface area contributed by atoms with Crippen LogP contribution in [0.25, 0.3) is 0 Å². The molecule has 2 fully saturated rings. The van der Waals surface area contributed by atoms with Gasteiger partial charge >= 0.3 is 0 Å². The highest BCUT2D eigenvalue weighted by molar-refractivity contribution is 5.94. The van der Waals surface area contributed by atoms with Crippen LogP contribution >= 0.6 is 0 Å². The third kappa shape index (κ3) is 2.63. The number of hydrogen-bond acceptors (Lipinski definition) is 3. The second kappa shape index (κ2) is 5.76. The van der Waals surface area contributed by atoms with Gasteiger partial charge in [-0.3, -0.25) is 4.79 Å². The van der Waals surface area contributed by atoms with Gasteiger partial charge in [0, 0.05) is 12.3 Å². The normalized spacial score (nSPS) is 32.4. The van der Waals surface area contributed by atoms with Crippen molar-refractivity contribution in [1.82, 2.24) is 0 Å². The number of benzene rings is 1. The summed E-state index contributed by atoms with van der Waals surface area (Å²) in [6.45, 7) is 1.37. The number of amides is 1. The molecule has 0 aromatic heterocycles. The van der Waals surface area contributed by atoms with Crippen LogP contribution in [0.15, 0.2) is 36.4 Å². The lowest BCUT2D eigenvalue weighted by molar-refractivity contribution is -0.120. The summed E-state index contributed by atoms with van der Waals surface area (Å²) in [7, 11) is 0. The van der Waals surface area contributed by atoms with Crippen molar-refractivity contribution in [2.75, 3.05) is 18.5 Å². The van der Waals surface area contributed by atoms with E-state index in [9.17, 15) is 4.79 Å². The number of hydrogen-bond donors (Lipinski definition) is 1. The Morgan fingerprint density at radius 3 is 2.86 bits per heavy atom. The lowest BCUT2D eigenvalue weighted by Gasteiger charge is -2.20. The molecule has 116 valence electrons. The quantitative estimate of drug-likeness (QED) is 0.869. The molecule has 1 amide bonds. The smallest absolute Gasteiger partial charge is 0.228 e. The van der Waals surface area contributed by atoms with E-state index in [-0.39, 0.29) is 17.9 Å². The Hall–Kier alpha value is -1.81. The van der Waals surface area contributed by atoms with Gasteiger partial charge in [0.05, 0.1) is 18.9 Å². The SMILES string of the molecule is O=C(Nc1ccccc1OC1CCOC1)C1CC2C=CC1C2. The average Bonchev–Trinajstić information content (AvgIpc) is 3.26. The molecule has 1 saturated carbocycles. The zero-order valence-corrected chi connectivity index (χ0v) is 12.5. The van der Waals surface area contributed by atoms with Gasteiger partial charge in [-0.1, -0.05) is 24.3 Å². The summed E-state index contributed by atoms with van der Waals surface area (Å²) in [6, 6.07) is 7.68. The van der Waals surface area contributed by atoms with E-state index in [0.717, 1.165) is 37.3 Å². The minimum atomic E-state index is 0.0866. The van der Waals surface area contributed by atoms with Crippen LogP contribution in [0.4, 0.5) is 5.69 Å². The van der Waals surface area contributed by atoms with Gasteiger partial charge in [-0.25, -0.2) is 0 Å². The fraction of sp³-hybridized carbons (Fsp3) is 0.500. The van der Waals surface area contributed by atoms with Gasteiger partial charge in [-0.05, 0) is 36.8 Å². The first-order chi connectivity index (χ1) is 10.8. The average molecular weight is 299 g/mol. The first-order valence-electron chi connectivity index (χ1n) is 8.12. The van der Waals surface area contributed by atoms with Crippen molar-refractivity contribution < 1.29 is 14.3 Å². The predicted octanol–water partition coefficient (Wildman–Crippen LogP) is 3.01. The maximum absolute atomic E-state index is 12.6. The maximum Gasteiger partial charge on any atom is 0.228 e. The Bertz CT molecular complexity index is 592. The summed E-state index contributed by atoms with van der Waals surface area (Å²) in [6.07, 6.45) is 7.56. The van der Waals surface area contributed by atoms with Crippen LogP contribution in [0.1, 0.15) is 19.3 Å². The molecule has 1 N–H and O–H groups in total. The van der Waals surface area contributed by atoms with Crippen molar-refractivity contribution in [2.24, 2.45) is 17.8 Å². The highest BCUT2D eigenvalue weighted by Crippen LogP contribution is 2.44. The first kappa shape index (κ1) is 13.8. The van der Waals surface area contributed by atoms with Crippen LogP contribution in [0.5, 0.6) is 5.75 Å². The number of allylic oxidation sites excluding steroid dienone is 2. The lowest BCUT2D eigenvalue weighted by Crippen LogP contribution is -2.26. The molecule has 1 heterocycles. The fourth-order valence-corrected chi connectivity index (χ4v) is 3.77. The molecule has 4 nitrogen and oxygen atoms in total. The molecule has 1 aliphatic heterocycles. The molecule has 4 unspecified atom stereocenters. The van der Waals surface area contributed by atoms with Crippen molar-refractivity contribution in [3.8, 4) is 5.75 Å². The van der Waals surface area contributed by atoms with Gasteiger partial charge in [0.2, 0.25) is 5.91 Å². The Kier molecular flexibility index (Phi) is 3.62. The summed E-state index contributed by atoms with van der Waals surface area (Å²) in [4.78, 5) is 12.6. The largest absolute Gasteiger partial charge is 0.486 e. The van der Waals surface area contributed by atoms with Crippen molar-refractivity contribution in [1.29, 1.82) is 0 Å². The number of anilines is 1. The van der Waals surface area contributed by atoms with E-state index >= 15 is 0 Å². The maximum atomic E-state index is 12.6. The van der Waals surface area contributed by atoms with Crippen molar-refractivity contribution in [3.63, 3.8) is 0 Å². The van der Waals surface area contributed by atoms with E-state index in [1.807, 2.05) is 24.3 Å². The van der Waals surface area contributed by atoms with Crippen LogP contribution in [0.3, 0.4) is 0 Å². The topological polar surface area (TPSA) is 47.6 Å². The molecule has 2 bridgehead atoms. The number of para-hydroxylation sites is 2. The Morgan fingerprint density at radius 2 is 2.14 bits per heavy atom. The van der Waals surface area contributed by atoms with E-state index in [1.54, 1.807) is 0 Å². The van der Waals surface area contributed by atoms with Crippen LogP contribution in [0, 0.1) is 17.8 Å². The minimum absolute atomic E-state index is 0.0866. The Labute approximate surface area is 130 Å². The third-order valence-electron chi connectivity index (χ3n) is 4.94. The molecule has 1 aromatic carbocycles. The number of nitrogens with one attached hydrogen (secondary N) is 1. The zero-order valence-electron chi connectivity index (χ0n) is 12.5. The fourth-order valence-electron chi connectivity index (χ4n) is 3.77. The Morgan fingerprint density at radius 1 is 1.23 bits per heavy atom. The summed E-state index contributed by atoms with van der Waals surface area (Å²) in [5.41, 5.74) is 0.770. The second-order valence-electron chi connectivity index (χ2n) is 6.48. The molecule has 4 rings (SSSR count). The van der Waals surface area contributed by atoms with E-state index in [0.29, 0.717) is 18.4 Å². The van der Waals surface area contributed by atoms with E-state index in [4.69, 9.17) is 9.47 Å². The molecular weight excluding hydrogens is 278 g/mol. The lowest BCUT2D eigenvalue weighted by atomic mass is 9.93. The molecule has 2 aliphatic carbocycles. The molecule has 0 radical (unpaired) electrons. The summed E-state index contributed by atoms with van der Waals surface area (Å²) in [5.74, 6) is 1.99. The molecule has 22 heavy (non-hydrogen) atoms. The molecule has 1 aromatic rings. The molecular formula is C18H21NO3. The second-order valence-corrected chi connectivity index (χ2v) is 6.48. The predicted molar refractivity (Wildman–Crippen MR) is 83.8 cm³/mol. The van der Waals surface area contributed by atoms with Crippen LogP contribution in [-0.4, -0.2) is 25.2 Å². The highest BCUT2D eigenvalue weighted by atomic mass is 16.5. The van der Waals surface area contributed by atoms with E-state index < -0.39 is 0 Å². The number of fused-ring (bicyclic) bond motifs is 2. The van der Waals surface area contributed by atoms with Gasteiger partial charge in [-0.2, -0.15) is 0 Å².